The number of methoxy groups -OCH3 is 2. The van der Waals surface area contributed by atoms with Gasteiger partial charge in [-0.2, -0.15) is 0 Å². The number of aromatic nitrogens is 1. The topological polar surface area (TPSA) is 49.4 Å². The number of ether oxygens (including phenoxy) is 2. The Labute approximate surface area is 130 Å². The second-order valence-electron chi connectivity index (χ2n) is 5.12. The van der Waals surface area contributed by atoms with E-state index in [1.54, 1.807) is 14.2 Å². The second-order valence-corrected chi connectivity index (χ2v) is 5.12. The fourth-order valence-corrected chi connectivity index (χ4v) is 2.87. The van der Waals surface area contributed by atoms with Gasteiger partial charge in [-0.15, -0.1) is 0 Å². The SMILES string of the molecule is CCn1c(-c2ccc(OC)cc2)c(N)c2ccc(OC)cc21. The lowest BCUT2D eigenvalue weighted by Crippen LogP contribution is -1.98. The van der Waals surface area contributed by atoms with Crippen molar-refractivity contribution in [1.29, 1.82) is 0 Å². The van der Waals surface area contributed by atoms with Crippen molar-refractivity contribution in [2.75, 3.05) is 20.0 Å². The van der Waals surface area contributed by atoms with E-state index in [0.717, 1.165) is 45.9 Å². The average molecular weight is 296 g/mol. The van der Waals surface area contributed by atoms with Crippen LogP contribution in [0.4, 0.5) is 5.69 Å². The molecule has 0 unspecified atom stereocenters. The van der Waals surface area contributed by atoms with Crippen LogP contribution in [0.1, 0.15) is 6.92 Å². The van der Waals surface area contributed by atoms with Gasteiger partial charge in [-0.3, -0.25) is 0 Å². The molecule has 0 spiro atoms. The first-order valence-electron chi connectivity index (χ1n) is 7.29. The highest BCUT2D eigenvalue weighted by Crippen LogP contribution is 2.38. The highest BCUT2D eigenvalue weighted by atomic mass is 16.5. The molecular formula is C18H20N2O2. The Morgan fingerprint density at radius 2 is 1.59 bits per heavy atom. The molecule has 0 radical (unpaired) electrons. The van der Waals surface area contributed by atoms with Crippen molar-refractivity contribution in [3.63, 3.8) is 0 Å². The van der Waals surface area contributed by atoms with Gasteiger partial charge in [0.25, 0.3) is 0 Å². The third kappa shape index (κ3) is 2.17. The number of fused-ring (bicyclic) bond motifs is 1. The van der Waals surface area contributed by atoms with E-state index in [0.29, 0.717) is 0 Å². The summed E-state index contributed by atoms with van der Waals surface area (Å²) in [5.41, 5.74) is 10.4. The Morgan fingerprint density at radius 1 is 0.955 bits per heavy atom. The fraction of sp³-hybridized carbons (Fsp3) is 0.222. The van der Waals surface area contributed by atoms with Crippen molar-refractivity contribution in [2.24, 2.45) is 0 Å². The number of anilines is 1. The van der Waals surface area contributed by atoms with E-state index < -0.39 is 0 Å². The van der Waals surface area contributed by atoms with Crippen LogP contribution in [0.3, 0.4) is 0 Å². The summed E-state index contributed by atoms with van der Waals surface area (Å²) in [7, 11) is 3.34. The summed E-state index contributed by atoms with van der Waals surface area (Å²) in [6.45, 7) is 2.95. The van der Waals surface area contributed by atoms with Crippen LogP contribution in [0.2, 0.25) is 0 Å². The van der Waals surface area contributed by atoms with Crippen LogP contribution >= 0.6 is 0 Å². The molecule has 0 amide bonds. The molecule has 0 saturated carbocycles. The lowest BCUT2D eigenvalue weighted by Gasteiger charge is -2.10. The van der Waals surface area contributed by atoms with E-state index in [1.807, 2.05) is 42.5 Å². The number of hydrogen-bond donors (Lipinski definition) is 1. The Kier molecular flexibility index (Phi) is 3.67. The molecule has 0 aliphatic rings. The van der Waals surface area contributed by atoms with E-state index >= 15 is 0 Å². The molecule has 1 heterocycles. The first kappa shape index (κ1) is 14.3. The van der Waals surface area contributed by atoms with Gasteiger partial charge in [0.1, 0.15) is 11.5 Å². The molecule has 0 fully saturated rings. The Hall–Kier alpha value is -2.62. The molecule has 1 aromatic heterocycles. The first-order valence-corrected chi connectivity index (χ1v) is 7.29. The monoisotopic (exact) mass is 296 g/mol. The van der Waals surface area contributed by atoms with Gasteiger partial charge in [0.05, 0.1) is 31.1 Å². The number of nitrogen functional groups attached to an aromatic ring is 1. The van der Waals surface area contributed by atoms with Crippen molar-refractivity contribution in [3.05, 3.63) is 42.5 Å². The van der Waals surface area contributed by atoms with Gasteiger partial charge in [0, 0.05) is 23.6 Å². The molecule has 0 aliphatic heterocycles. The van der Waals surface area contributed by atoms with Gasteiger partial charge >= 0.3 is 0 Å². The molecule has 3 rings (SSSR count). The van der Waals surface area contributed by atoms with Crippen molar-refractivity contribution < 1.29 is 9.47 Å². The standard InChI is InChI=1S/C18H20N2O2/c1-4-20-16-11-14(22-3)9-10-15(16)17(19)18(20)12-5-7-13(21-2)8-6-12/h5-11H,4,19H2,1-3H3. The summed E-state index contributed by atoms with van der Waals surface area (Å²) < 4.78 is 12.8. The predicted octanol–water partition coefficient (Wildman–Crippen LogP) is 3.93. The van der Waals surface area contributed by atoms with Crippen molar-refractivity contribution in [2.45, 2.75) is 13.5 Å². The predicted molar refractivity (Wildman–Crippen MR) is 90.6 cm³/mol. The molecule has 4 nitrogen and oxygen atoms in total. The maximum absolute atomic E-state index is 6.42. The fourth-order valence-electron chi connectivity index (χ4n) is 2.87. The summed E-state index contributed by atoms with van der Waals surface area (Å²) >= 11 is 0. The van der Waals surface area contributed by atoms with Crippen LogP contribution in [0.15, 0.2) is 42.5 Å². The highest BCUT2D eigenvalue weighted by molar-refractivity contribution is 6.01. The van der Waals surface area contributed by atoms with Gasteiger partial charge in [0.15, 0.2) is 0 Å². The number of benzene rings is 2. The van der Waals surface area contributed by atoms with Gasteiger partial charge < -0.3 is 19.8 Å². The van der Waals surface area contributed by atoms with Gasteiger partial charge in [-0.25, -0.2) is 0 Å². The van der Waals surface area contributed by atoms with Crippen LogP contribution in [0, 0.1) is 0 Å². The van der Waals surface area contributed by atoms with Crippen LogP contribution < -0.4 is 15.2 Å². The van der Waals surface area contributed by atoms with Crippen molar-refractivity contribution in [1.82, 2.24) is 4.57 Å². The zero-order valence-electron chi connectivity index (χ0n) is 13.1. The molecule has 2 aromatic carbocycles. The zero-order chi connectivity index (χ0) is 15.7. The zero-order valence-corrected chi connectivity index (χ0v) is 13.1. The largest absolute Gasteiger partial charge is 0.497 e. The van der Waals surface area contributed by atoms with Gasteiger partial charge in [-0.1, -0.05) is 0 Å². The first-order chi connectivity index (χ1) is 10.7. The Bertz CT molecular complexity index is 804. The smallest absolute Gasteiger partial charge is 0.120 e. The minimum Gasteiger partial charge on any atom is -0.497 e. The number of rotatable bonds is 4. The Morgan fingerprint density at radius 3 is 2.18 bits per heavy atom. The van der Waals surface area contributed by atoms with Crippen LogP contribution in [0.25, 0.3) is 22.2 Å². The van der Waals surface area contributed by atoms with E-state index in [1.165, 1.54) is 0 Å². The number of aryl methyl sites for hydroxylation is 1. The van der Waals surface area contributed by atoms with E-state index in [2.05, 4.69) is 11.5 Å². The van der Waals surface area contributed by atoms with Crippen molar-refractivity contribution in [3.8, 4) is 22.8 Å². The molecule has 0 saturated heterocycles. The molecule has 114 valence electrons. The molecule has 22 heavy (non-hydrogen) atoms. The number of hydrogen-bond acceptors (Lipinski definition) is 3. The Balaban J connectivity index is 2.25. The third-order valence-electron chi connectivity index (χ3n) is 3.99. The van der Waals surface area contributed by atoms with Crippen molar-refractivity contribution >= 4 is 16.6 Å². The molecule has 3 aromatic rings. The molecule has 0 aliphatic carbocycles. The van der Waals surface area contributed by atoms with Crippen LogP contribution in [-0.4, -0.2) is 18.8 Å². The minimum absolute atomic E-state index is 0.796. The summed E-state index contributed by atoms with van der Waals surface area (Å²) in [6.07, 6.45) is 0. The molecule has 0 bridgehead atoms. The van der Waals surface area contributed by atoms with Crippen LogP contribution in [-0.2, 0) is 6.54 Å². The van der Waals surface area contributed by atoms with Gasteiger partial charge in [0.2, 0.25) is 0 Å². The molecule has 4 heteroatoms. The van der Waals surface area contributed by atoms with E-state index in [-0.39, 0.29) is 0 Å². The quantitative estimate of drug-likeness (QED) is 0.793. The van der Waals surface area contributed by atoms with Crippen LogP contribution in [0.5, 0.6) is 11.5 Å². The summed E-state index contributed by atoms with van der Waals surface area (Å²) in [5, 5.41) is 1.05. The normalized spacial score (nSPS) is 10.9. The lowest BCUT2D eigenvalue weighted by atomic mass is 10.1. The molecule has 2 N–H and O–H groups in total. The third-order valence-corrected chi connectivity index (χ3v) is 3.99. The average Bonchev–Trinajstić information content (AvgIpc) is 2.86. The van der Waals surface area contributed by atoms with E-state index in [4.69, 9.17) is 15.2 Å². The van der Waals surface area contributed by atoms with E-state index in [9.17, 15) is 0 Å². The van der Waals surface area contributed by atoms with Gasteiger partial charge in [-0.05, 0) is 43.3 Å². The summed E-state index contributed by atoms with van der Waals surface area (Å²) in [4.78, 5) is 0. The number of nitrogens with zero attached hydrogens (tertiary/aromatic N) is 1. The summed E-state index contributed by atoms with van der Waals surface area (Å²) in [6, 6.07) is 14.0. The molecule has 0 atom stereocenters. The minimum atomic E-state index is 0.796. The maximum atomic E-state index is 6.42. The highest BCUT2D eigenvalue weighted by Gasteiger charge is 2.16. The maximum Gasteiger partial charge on any atom is 0.120 e. The summed E-state index contributed by atoms with van der Waals surface area (Å²) in [5.74, 6) is 1.67. The second kappa shape index (κ2) is 5.64. The number of nitrogens with two attached hydrogens (primary N) is 1. The lowest BCUT2D eigenvalue weighted by molar-refractivity contribution is 0.415. The molecular weight excluding hydrogens is 276 g/mol.